The Morgan fingerprint density at radius 3 is 2.52 bits per heavy atom. The topological polar surface area (TPSA) is 49.4 Å². The number of hydrogen-bond donors (Lipinski definition) is 1. The first-order chi connectivity index (χ1) is 11.0. The normalized spacial score (nSPS) is 17.4. The molecule has 4 nitrogen and oxygen atoms in total. The Bertz CT molecular complexity index is 533. The first-order valence-electron chi connectivity index (χ1n) is 8.18. The smallest absolute Gasteiger partial charge is 0.243 e. The van der Waals surface area contributed by atoms with Crippen molar-refractivity contribution in [2.75, 3.05) is 18.6 Å². The summed E-state index contributed by atoms with van der Waals surface area (Å²) in [4.78, 5) is 26.7. The van der Waals surface area contributed by atoms with Crippen LogP contribution >= 0.6 is 11.8 Å². The van der Waals surface area contributed by atoms with E-state index in [1.54, 1.807) is 16.7 Å². The highest BCUT2D eigenvalue weighted by molar-refractivity contribution is 7.98. The Labute approximate surface area is 143 Å². The quantitative estimate of drug-likeness (QED) is 0.834. The van der Waals surface area contributed by atoms with Gasteiger partial charge in [0, 0.05) is 18.7 Å². The second-order valence-electron chi connectivity index (χ2n) is 6.31. The van der Waals surface area contributed by atoms with Gasteiger partial charge in [-0.3, -0.25) is 9.59 Å². The number of likely N-dealkylation sites (tertiary alicyclic amines) is 1. The van der Waals surface area contributed by atoms with Crippen molar-refractivity contribution in [3.63, 3.8) is 0 Å². The van der Waals surface area contributed by atoms with Gasteiger partial charge in [-0.05, 0) is 24.2 Å². The second kappa shape index (κ2) is 8.39. The molecule has 0 bridgehead atoms. The van der Waals surface area contributed by atoms with E-state index in [2.05, 4.69) is 5.32 Å². The summed E-state index contributed by atoms with van der Waals surface area (Å²) < 4.78 is 0. The number of amides is 2. The standard InChI is InChI=1S/C18H26N2O2S/c1-13(2)17(20-11-7-10-16(20)21)18(22)19-15(12-23-3)14-8-5-4-6-9-14/h4-6,8-9,13,15,17H,7,10-12H2,1-3H3,(H,19,22). The molecule has 1 aliphatic heterocycles. The molecular weight excluding hydrogens is 308 g/mol. The molecule has 1 aliphatic rings. The lowest BCUT2D eigenvalue weighted by Gasteiger charge is -2.31. The van der Waals surface area contributed by atoms with E-state index < -0.39 is 0 Å². The zero-order valence-electron chi connectivity index (χ0n) is 14.1. The lowest BCUT2D eigenvalue weighted by atomic mass is 10.0. The van der Waals surface area contributed by atoms with Crippen molar-refractivity contribution in [2.45, 2.75) is 38.8 Å². The van der Waals surface area contributed by atoms with Gasteiger partial charge in [0.05, 0.1) is 6.04 Å². The molecule has 0 spiro atoms. The maximum atomic E-state index is 12.9. The van der Waals surface area contributed by atoms with E-state index in [9.17, 15) is 9.59 Å². The Hall–Kier alpha value is -1.49. The predicted molar refractivity (Wildman–Crippen MR) is 95.3 cm³/mol. The molecular formula is C18H26N2O2S. The van der Waals surface area contributed by atoms with Crippen molar-refractivity contribution in [2.24, 2.45) is 5.92 Å². The summed E-state index contributed by atoms with van der Waals surface area (Å²) in [7, 11) is 0. The van der Waals surface area contributed by atoms with E-state index in [1.807, 2.05) is 50.4 Å². The Kier molecular flexibility index (Phi) is 6.51. The Morgan fingerprint density at radius 1 is 1.30 bits per heavy atom. The van der Waals surface area contributed by atoms with Crippen LogP contribution in [0, 0.1) is 5.92 Å². The number of nitrogens with zero attached hydrogens (tertiary/aromatic N) is 1. The van der Waals surface area contributed by atoms with E-state index in [4.69, 9.17) is 0 Å². The van der Waals surface area contributed by atoms with Crippen molar-refractivity contribution < 1.29 is 9.59 Å². The van der Waals surface area contributed by atoms with Gasteiger partial charge in [0.2, 0.25) is 11.8 Å². The first-order valence-corrected chi connectivity index (χ1v) is 9.57. The van der Waals surface area contributed by atoms with Gasteiger partial charge in [-0.2, -0.15) is 11.8 Å². The number of nitrogens with one attached hydrogen (secondary N) is 1. The second-order valence-corrected chi connectivity index (χ2v) is 7.22. The van der Waals surface area contributed by atoms with Crippen LogP contribution in [0.5, 0.6) is 0 Å². The average Bonchev–Trinajstić information content (AvgIpc) is 2.93. The molecule has 2 amide bonds. The van der Waals surface area contributed by atoms with Gasteiger partial charge in [0.25, 0.3) is 0 Å². The first kappa shape index (κ1) is 17.9. The van der Waals surface area contributed by atoms with E-state index in [0.717, 1.165) is 17.7 Å². The highest BCUT2D eigenvalue weighted by atomic mass is 32.2. The SMILES string of the molecule is CSCC(NC(=O)C(C(C)C)N1CCCC1=O)c1ccccc1. The fraction of sp³-hybridized carbons (Fsp3) is 0.556. The van der Waals surface area contributed by atoms with E-state index >= 15 is 0 Å². The molecule has 1 aromatic rings. The van der Waals surface area contributed by atoms with Crippen LogP contribution in [-0.2, 0) is 9.59 Å². The highest BCUT2D eigenvalue weighted by Gasteiger charge is 2.35. The predicted octanol–water partition coefficient (Wildman–Crippen LogP) is 2.85. The van der Waals surface area contributed by atoms with Crippen LogP contribution in [0.3, 0.4) is 0 Å². The minimum absolute atomic E-state index is 0.0299. The lowest BCUT2D eigenvalue weighted by molar-refractivity contribution is -0.139. The Morgan fingerprint density at radius 2 is 2.00 bits per heavy atom. The summed E-state index contributed by atoms with van der Waals surface area (Å²) in [6.07, 6.45) is 3.44. The molecule has 1 fully saturated rings. The van der Waals surface area contributed by atoms with Crippen LogP contribution in [0.1, 0.15) is 38.3 Å². The van der Waals surface area contributed by atoms with Crippen LogP contribution in [0.4, 0.5) is 0 Å². The fourth-order valence-electron chi connectivity index (χ4n) is 3.10. The van der Waals surface area contributed by atoms with Crippen LogP contribution in [0.25, 0.3) is 0 Å². The largest absolute Gasteiger partial charge is 0.347 e. The highest BCUT2D eigenvalue weighted by Crippen LogP contribution is 2.22. The molecule has 1 aromatic carbocycles. The molecule has 23 heavy (non-hydrogen) atoms. The summed E-state index contributed by atoms with van der Waals surface area (Å²) in [5.74, 6) is 0.968. The number of carbonyl (C=O) groups excluding carboxylic acids is 2. The molecule has 126 valence electrons. The molecule has 2 rings (SSSR count). The zero-order valence-corrected chi connectivity index (χ0v) is 14.9. The molecule has 1 saturated heterocycles. The van der Waals surface area contributed by atoms with Gasteiger partial charge in [-0.15, -0.1) is 0 Å². The number of hydrogen-bond acceptors (Lipinski definition) is 3. The van der Waals surface area contributed by atoms with Crippen molar-refractivity contribution in [3.05, 3.63) is 35.9 Å². The molecule has 0 aliphatic carbocycles. The van der Waals surface area contributed by atoms with E-state index in [-0.39, 0.29) is 29.8 Å². The third-order valence-corrected chi connectivity index (χ3v) is 4.86. The third-order valence-electron chi connectivity index (χ3n) is 4.20. The zero-order chi connectivity index (χ0) is 16.8. The summed E-state index contributed by atoms with van der Waals surface area (Å²) in [5, 5.41) is 3.16. The number of carbonyl (C=O) groups is 2. The molecule has 2 unspecified atom stereocenters. The van der Waals surface area contributed by atoms with Crippen molar-refractivity contribution in [1.29, 1.82) is 0 Å². The summed E-state index contributed by atoms with van der Waals surface area (Å²) in [5.41, 5.74) is 1.10. The summed E-state index contributed by atoms with van der Waals surface area (Å²) in [6.45, 7) is 4.69. The number of thioether (sulfide) groups is 1. The van der Waals surface area contributed by atoms with Crippen LogP contribution in [0.2, 0.25) is 0 Å². The van der Waals surface area contributed by atoms with Gasteiger partial charge in [0.1, 0.15) is 6.04 Å². The minimum atomic E-state index is -0.377. The fourth-order valence-corrected chi connectivity index (χ4v) is 3.71. The maximum absolute atomic E-state index is 12.9. The van der Waals surface area contributed by atoms with Crippen LogP contribution < -0.4 is 5.32 Å². The van der Waals surface area contributed by atoms with E-state index in [0.29, 0.717) is 13.0 Å². The van der Waals surface area contributed by atoms with Gasteiger partial charge in [0.15, 0.2) is 0 Å². The molecule has 0 aromatic heterocycles. The Balaban J connectivity index is 2.13. The maximum Gasteiger partial charge on any atom is 0.243 e. The van der Waals surface area contributed by atoms with Crippen molar-refractivity contribution >= 4 is 23.6 Å². The number of benzene rings is 1. The van der Waals surface area contributed by atoms with Crippen molar-refractivity contribution in [1.82, 2.24) is 10.2 Å². The molecule has 0 saturated carbocycles. The number of rotatable bonds is 7. The van der Waals surface area contributed by atoms with Gasteiger partial charge < -0.3 is 10.2 Å². The van der Waals surface area contributed by atoms with E-state index in [1.165, 1.54) is 0 Å². The van der Waals surface area contributed by atoms with Gasteiger partial charge in [-0.1, -0.05) is 44.2 Å². The summed E-state index contributed by atoms with van der Waals surface area (Å²) >= 11 is 1.70. The van der Waals surface area contributed by atoms with Gasteiger partial charge in [-0.25, -0.2) is 0 Å². The summed E-state index contributed by atoms with van der Waals surface area (Å²) in [6, 6.07) is 9.61. The molecule has 1 N–H and O–H groups in total. The lowest BCUT2D eigenvalue weighted by Crippen LogP contribution is -2.51. The molecule has 0 radical (unpaired) electrons. The molecule has 2 atom stereocenters. The van der Waals surface area contributed by atoms with Crippen LogP contribution in [0.15, 0.2) is 30.3 Å². The monoisotopic (exact) mass is 334 g/mol. The third kappa shape index (κ3) is 4.50. The minimum Gasteiger partial charge on any atom is -0.347 e. The van der Waals surface area contributed by atoms with Gasteiger partial charge >= 0.3 is 0 Å². The van der Waals surface area contributed by atoms with Crippen LogP contribution in [-0.4, -0.2) is 41.3 Å². The molecule has 5 heteroatoms. The average molecular weight is 334 g/mol. The molecule has 1 heterocycles. The van der Waals surface area contributed by atoms with Crippen molar-refractivity contribution in [3.8, 4) is 0 Å².